The molecular formula is C14H26N2O. The molecule has 0 bridgehead atoms. The maximum Gasteiger partial charge on any atom is 0.220 e. The third-order valence-corrected chi connectivity index (χ3v) is 4.40. The summed E-state index contributed by atoms with van der Waals surface area (Å²) in [5.74, 6) is 1.18. The number of amides is 1. The van der Waals surface area contributed by atoms with Crippen LogP contribution in [-0.2, 0) is 4.79 Å². The van der Waals surface area contributed by atoms with E-state index in [9.17, 15) is 4.79 Å². The predicted molar refractivity (Wildman–Crippen MR) is 69.8 cm³/mol. The Hall–Kier alpha value is -0.570. The van der Waals surface area contributed by atoms with Crippen LogP contribution in [0.3, 0.4) is 0 Å². The van der Waals surface area contributed by atoms with Crippen LogP contribution >= 0.6 is 0 Å². The van der Waals surface area contributed by atoms with Crippen LogP contribution in [0.15, 0.2) is 0 Å². The van der Waals surface area contributed by atoms with E-state index >= 15 is 0 Å². The first-order valence-electron chi connectivity index (χ1n) is 7.30. The van der Waals surface area contributed by atoms with Crippen molar-refractivity contribution < 1.29 is 4.79 Å². The third kappa shape index (κ3) is 3.98. The van der Waals surface area contributed by atoms with E-state index in [0.29, 0.717) is 12.1 Å². The molecule has 1 amide bonds. The molecule has 2 N–H and O–H groups in total. The van der Waals surface area contributed by atoms with Crippen molar-refractivity contribution in [3.05, 3.63) is 0 Å². The van der Waals surface area contributed by atoms with E-state index in [1.165, 1.54) is 38.5 Å². The largest absolute Gasteiger partial charge is 0.352 e. The fourth-order valence-corrected chi connectivity index (χ4v) is 3.13. The number of carbonyl (C=O) groups excluding carboxylic acids is 1. The average Bonchev–Trinajstić information content (AvgIpc) is 2.63. The van der Waals surface area contributed by atoms with Crippen molar-refractivity contribution in [2.24, 2.45) is 5.92 Å². The minimum Gasteiger partial charge on any atom is -0.352 e. The summed E-state index contributed by atoms with van der Waals surface area (Å²) in [5, 5.41) is 6.68. The predicted octanol–water partition coefficient (Wildman–Crippen LogP) is 2.21. The lowest BCUT2D eigenvalue weighted by Gasteiger charge is -2.19. The number of nitrogens with one attached hydrogen (secondary N) is 2. The quantitative estimate of drug-likeness (QED) is 0.737. The van der Waals surface area contributed by atoms with Gasteiger partial charge in [0.15, 0.2) is 0 Å². The zero-order valence-corrected chi connectivity index (χ0v) is 11.0. The van der Waals surface area contributed by atoms with Gasteiger partial charge in [0.2, 0.25) is 5.91 Å². The van der Waals surface area contributed by atoms with Crippen molar-refractivity contribution in [1.82, 2.24) is 10.6 Å². The molecule has 3 heteroatoms. The summed E-state index contributed by atoms with van der Waals surface area (Å²) in [5.41, 5.74) is 0. The number of hydrogen-bond donors (Lipinski definition) is 2. The van der Waals surface area contributed by atoms with Crippen LogP contribution in [-0.4, -0.2) is 24.5 Å². The van der Waals surface area contributed by atoms with Gasteiger partial charge in [0.25, 0.3) is 0 Å². The monoisotopic (exact) mass is 238 g/mol. The number of hydrogen-bond acceptors (Lipinski definition) is 2. The van der Waals surface area contributed by atoms with Crippen molar-refractivity contribution in [2.75, 3.05) is 6.54 Å². The van der Waals surface area contributed by atoms with Crippen LogP contribution < -0.4 is 10.6 Å². The highest BCUT2D eigenvalue weighted by Crippen LogP contribution is 2.25. The van der Waals surface area contributed by atoms with Crippen molar-refractivity contribution in [2.45, 2.75) is 70.4 Å². The molecule has 2 fully saturated rings. The van der Waals surface area contributed by atoms with E-state index in [1.807, 2.05) is 0 Å². The molecule has 0 aromatic rings. The Kier molecular flexibility index (Phi) is 4.84. The first kappa shape index (κ1) is 12.9. The number of carbonyl (C=O) groups is 1. The van der Waals surface area contributed by atoms with E-state index in [0.717, 1.165) is 25.3 Å². The van der Waals surface area contributed by atoms with Crippen molar-refractivity contribution in [3.63, 3.8) is 0 Å². The van der Waals surface area contributed by atoms with Crippen LogP contribution in [0.2, 0.25) is 0 Å². The minimum absolute atomic E-state index is 0.226. The molecule has 2 aliphatic rings. The first-order chi connectivity index (χ1) is 8.28. The highest BCUT2D eigenvalue weighted by molar-refractivity contribution is 5.78. The summed E-state index contributed by atoms with van der Waals surface area (Å²) in [6, 6.07) is 1.07. The fourth-order valence-electron chi connectivity index (χ4n) is 3.13. The average molecular weight is 238 g/mol. The van der Waals surface area contributed by atoms with Crippen LogP contribution in [0, 0.1) is 5.92 Å². The molecule has 1 saturated heterocycles. The Morgan fingerprint density at radius 3 is 2.82 bits per heavy atom. The van der Waals surface area contributed by atoms with Gasteiger partial charge in [-0.2, -0.15) is 0 Å². The van der Waals surface area contributed by atoms with Gasteiger partial charge < -0.3 is 10.6 Å². The lowest BCUT2D eigenvalue weighted by atomic mass is 9.98. The van der Waals surface area contributed by atoms with Gasteiger partial charge in [-0.15, -0.1) is 0 Å². The second-order valence-corrected chi connectivity index (χ2v) is 5.69. The molecule has 2 rings (SSSR count). The van der Waals surface area contributed by atoms with E-state index in [-0.39, 0.29) is 5.91 Å². The summed E-state index contributed by atoms with van der Waals surface area (Å²) < 4.78 is 0. The van der Waals surface area contributed by atoms with E-state index in [1.54, 1.807) is 0 Å². The molecule has 1 aliphatic carbocycles. The van der Waals surface area contributed by atoms with Crippen molar-refractivity contribution in [1.29, 1.82) is 0 Å². The Balaban J connectivity index is 1.67. The summed E-state index contributed by atoms with van der Waals surface area (Å²) in [7, 11) is 0. The summed E-state index contributed by atoms with van der Waals surface area (Å²) in [6.07, 6.45) is 9.86. The van der Waals surface area contributed by atoms with Crippen LogP contribution in [0.5, 0.6) is 0 Å². The molecule has 17 heavy (non-hydrogen) atoms. The molecule has 0 aromatic heterocycles. The standard InChI is InChI=1S/C14H26N2O/c1-2-11-4-3-5-12(7-6-11)15-10-13-8-9-14(17)16-13/h11-13,15H,2-10H2,1H3,(H,16,17). The van der Waals surface area contributed by atoms with E-state index in [2.05, 4.69) is 17.6 Å². The zero-order chi connectivity index (χ0) is 12.1. The first-order valence-corrected chi connectivity index (χ1v) is 7.30. The minimum atomic E-state index is 0.226. The maximum atomic E-state index is 11.1. The van der Waals surface area contributed by atoms with Crippen LogP contribution in [0.4, 0.5) is 0 Å². The van der Waals surface area contributed by atoms with Gasteiger partial charge in [-0.05, 0) is 31.6 Å². The van der Waals surface area contributed by atoms with Gasteiger partial charge in [0.05, 0.1) is 0 Å². The molecule has 98 valence electrons. The molecule has 3 atom stereocenters. The molecule has 1 saturated carbocycles. The normalized spacial score (nSPS) is 34.4. The molecule has 1 heterocycles. The smallest absolute Gasteiger partial charge is 0.220 e. The van der Waals surface area contributed by atoms with Gasteiger partial charge in [-0.3, -0.25) is 4.79 Å². The van der Waals surface area contributed by atoms with Gasteiger partial charge in [0.1, 0.15) is 0 Å². The lowest BCUT2D eigenvalue weighted by molar-refractivity contribution is -0.119. The van der Waals surface area contributed by atoms with Gasteiger partial charge in [-0.25, -0.2) is 0 Å². The molecule has 0 spiro atoms. The van der Waals surface area contributed by atoms with Crippen molar-refractivity contribution in [3.8, 4) is 0 Å². The van der Waals surface area contributed by atoms with Crippen LogP contribution in [0.1, 0.15) is 58.3 Å². The Morgan fingerprint density at radius 1 is 1.24 bits per heavy atom. The molecule has 1 aliphatic heterocycles. The van der Waals surface area contributed by atoms with Crippen molar-refractivity contribution >= 4 is 5.91 Å². The molecule has 3 nitrogen and oxygen atoms in total. The molecule has 0 radical (unpaired) electrons. The van der Waals surface area contributed by atoms with E-state index in [4.69, 9.17) is 0 Å². The SMILES string of the molecule is CCC1CCCC(NCC2CCC(=O)N2)CC1. The topological polar surface area (TPSA) is 41.1 Å². The van der Waals surface area contributed by atoms with E-state index < -0.39 is 0 Å². The van der Waals surface area contributed by atoms with Gasteiger partial charge in [-0.1, -0.05) is 26.2 Å². The number of rotatable bonds is 4. The second-order valence-electron chi connectivity index (χ2n) is 5.69. The van der Waals surface area contributed by atoms with Crippen LogP contribution in [0.25, 0.3) is 0 Å². The highest BCUT2D eigenvalue weighted by Gasteiger charge is 2.22. The molecule has 0 aromatic carbocycles. The second kappa shape index (κ2) is 6.39. The maximum absolute atomic E-state index is 11.1. The van der Waals surface area contributed by atoms with Gasteiger partial charge >= 0.3 is 0 Å². The van der Waals surface area contributed by atoms with Gasteiger partial charge in [0, 0.05) is 25.0 Å². The Labute approximate surface area is 105 Å². The fraction of sp³-hybridized carbons (Fsp3) is 0.929. The highest BCUT2D eigenvalue weighted by atomic mass is 16.1. The molecular weight excluding hydrogens is 212 g/mol. The Bertz CT molecular complexity index is 255. The Morgan fingerprint density at radius 2 is 2.12 bits per heavy atom. The summed E-state index contributed by atoms with van der Waals surface area (Å²) in [6.45, 7) is 3.28. The zero-order valence-electron chi connectivity index (χ0n) is 11.0. The third-order valence-electron chi connectivity index (χ3n) is 4.40. The lowest BCUT2D eigenvalue weighted by Crippen LogP contribution is -2.40. The molecule has 3 unspecified atom stereocenters. The summed E-state index contributed by atoms with van der Waals surface area (Å²) in [4.78, 5) is 11.1. The summed E-state index contributed by atoms with van der Waals surface area (Å²) >= 11 is 0.